The van der Waals surface area contributed by atoms with E-state index in [2.05, 4.69) is 38.3 Å². The minimum Gasteiger partial charge on any atom is -0.481 e. The number of carbonyl (C=O) groups is 3. The monoisotopic (exact) mass is 595 g/mol. The van der Waals surface area contributed by atoms with Gasteiger partial charge >= 0.3 is 12.0 Å². The molecule has 9 nitrogen and oxygen atoms in total. The van der Waals surface area contributed by atoms with E-state index in [4.69, 9.17) is 9.47 Å². The molecule has 0 aromatic rings. The summed E-state index contributed by atoms with van der Waals surface area (Å²) in [6, 6.07) is -0.929. The Bertz CT molecular complexity index is 868. The van der Waals surface area contributed by atoms with Gasteiger partial charge in [0.2, 0.25) is 5.91 Å². The van der Waals surface area contributed by atoms with E-state index >= 15 is 0 Å². The van der Waals surface area contributed by atoms with Crippen LogP contribution in [0.1, 0.15) is 132 Å². The van der Waals surface area contributed by atoms with Crippen molar-refractivity contribution in [3.63, 3.8) is 0 Å². The molecule has 2 fully saturated rings. The van der Waals surface area contributed by atoms with Crippen LogP contribution in [-0.4, -0.2) is 71.6 Å². The van der Waals surface area contributed by atoms with E-state index in [0.717, 1.165) is 38.5 Å². The number of amides is 3. The number of hydrogen-bond acceptors (Lipinski definition) is 5. The van der Waals surface area contributed by atoms with Gasteiger partial charge in [0.15, 0.2) is 5.79 Å². The largest absolute Gasteiger partial charge is 0.481 e. The number of unbranched alkanes of at least 4 members (excludes halogenated alkanes) is 6. The fourth-order valence-electron chi connectivity index (χ4n) is 6.23. The number of carboxylic acids is 1. The zero-order valence-electron chi connectivity index (χ0n) is 27.9. The first kappa shape index (κ1) is 36.3. The van der Waals surface area contributed by atoms with E-state index in [1.165, 1.54) is 32.1 Å². The van der Waals surface area contributed by atoms with Gasteiger partial charge in [-0.1, -0.05) is 92.9 Å². The predicted molar refractivity (Wildman–Crippen MR) is 166 cm³/mol. The van der Waals surface area contributed by atoms with Crippen molar-refractivity contribution in [3.8, 4) is 0 Å². The van der Waals surface area contributed by atoms with E-state index < -0.39 is 29.3 Å². The van der Waals surface area contributed by atoms with Crippen molar-refractivity contribution in [2.45, 2.75) is 156 Å². The molecule has 0 spiro atoms. The van der Waals surface area contributed by atoms with Gasteiger partial charge in [-0.05, 0) is 38.5 Å². The molecule has 0 aromatic carbocycles. The van der Waals surface area contributed by atoms with Gasteiger partial charge in [0.1, 0.15) is 6.10 Å². The number of hydrogen-bond donors (Lipinski definition) is 3. The van der Waals surface area contributed by atoms with Crippen LogP contribution in [0.5, 0.6) is 0 Å². The van der Waals surface area contributed by atoms with Crippen LogP contribution in [0.4, 0.5) is 4.79 Å². The van der Waals surface area contributed by atoms with Crippen molar-refractivity contribution < 1.29 is 29.0 Å². The Balaban J connectivity index is 2.13. The van der Waals surface area contributed by atoms with E-state index in [1.54, 1.807) is 13.8 Å². The van der Waals surface area contributed by atoms with Gasteiger partial charge in [-0.2, -0.15) is 0 Å². The lowest BCUT2D eigenvalue weighted by atomic mass is 9.78. The average Bonchev–Trinajstić information content (AvgIpc) is 2.88. The Labute approximate surface area is 255 Å². The highest BCUT2D eigenvalue weighted by atomic mass is 16.7. The molecule has 3 amide bonds. The van der Waals surface area contributed by atoms with Crippen LogP contribution in [0, 0.1) is 16.7 Å². The number of aliphatic carboxylic acids is 1. The SMILES string of the molecule is CCCCCCCCCN(CC(C)(C)C)C(=O)NC1CCCCC1C(CC(=O)O)NC(=O)C1OC(C)(C)OCC1(C)C. The molecule has 4 unspecified atom stereocenters. The fourth-order valence-corrected chi connectivity index (χ4v) is 6.23. The van der Waals surface area contributed by atoms with Gasteiger partial charge < -0.3 is 30.1 Å². The lowest BCUT2D eigenvalue weighted by Gasteiger charge is -2.45. The number of ether oxygens (including phenoxy) is 2. The number of rotatable bonds is 15. The zero-order chi connectivity index (χ0) is 31.6. The maximum atomic E-state index is 13.7. The van der Waals surface area contributed by atoms with Crippen molar-refractivity contribution in [2.75, 3.05) is 19.7 Å². The molecule has 4 atom stereocenters. The molecule has 1 aliphatic heterocycles. The summed E-state index contributed by atoms with van der Waals surface area (Å²) in [5.41, 5.74) is -0.619. The van der Waals surface area contributed by atoms with Gasteiger partial charge in [-0.15, -0.1) is 0 Å². The standard InChI is InChI=1S/C33H61N3O6/c1-9-10-11-12-13-14-17-20-36(22-31(2,3)4)30(40)35-25-19-16-15-18-24(25)26(21-27(37)38)34-29(39)28-32(5,6)23-41-33(7,8)42-28/h24-26,28H,9-23H2,1-8H3,(H,34,39)(H,35,40)(H,37,38). The summed E-state index contributed by atoms with van der Waals surface area (Å²) in [7, 11) is 0. The van der Waals surface area contributed by atoms with Crippen LogP contribution in [0.25, 0.3) is 0 Å². The van der Waals surface area contributed by atoms with Crippen LogP contribution in [0.15, 0.2) is 0 Å². The fraction of sp³-hybridized carbons (Fsp3) is 0.909. The molecule has 1 aliphatic carbocycles. The third kappa shape index (κ3) is 12.4. The van der Waals surface area contributed by atoms with Crippen molar-refractivity contribution in [1.82, 2.24) is 15.5 Å². The molecule has 2 rings (SSSR count). The zero-order valence-corrected chi connectivity index (χ0v) is 27.9. The molecule has 2 aliphatic rings. The normalized spacial score (nSPS) is 24.4. The molecule has 3 N–H and O–H groups in total. The van der Waals surface area contributed by atoms with Crippen LogP contribution < -0.4 is 10.6 Å². The summed E-state index contributed by atoms with van der Waals surface area (Å²) in [5, 5.41) is 16.1. The summed E-state index contributed by atoms with van der Waals surface area (Å²) in [6.07, 6.45) is 10.7. The molecule has 0 aromatic heterocycles. The maximum Gasteiger partial charge on any atom is 0.317 e. The van der Waals surface area contributed by atoms with Gasteiger partial charge in [0.05, 0.1) is 13.0 Å². The summed E-state index contributed by atoms with van der Waals surface area (Å²) in [4.78, 5) is 41.2. The second kappa shape index (κ2) is 16.3. The first-order valence-electron chi connectivity index (χ1n) is 16.4. The lowest BCUT2D eigenvalue weighted by molar-refractivity contribution is -0.304. The highest BCUT2D eigenvalue weighted by Gasteiger charge is 2.47. The molecule has 1 heterocycles. The van der Waals surface area contributed by atoms with E-state index in [-0.39, 0.29) is 35.7 Å². The summed E-state index contributed by atoms with van der Waals surface area (Å²) in [5.74, 6) is -2.40. The predicted octanol–water partition coefficient (Wildman–Crippen LogP) is 6.49. The molecular weight excluding hydrogens is 534 g/mol. The lowest BCUT2D eigenvalue weighted by Crippen LogP contribution is -2.60. The van der Waals surface area contributed by atoms with Gasteiger partial charge in [0, 0.05) is 36.5 Å². The van der Waals surface area contributed by atoms with Crippen molar-refractivity contribution >= 4 is 17.9 Å². The average molecular weight is 596 g/mol. The summed E-state index contributed by atoms with van der Waals surface area (Å²) in [6.45, 7) is 17.7. The van der Waals surface area contributed by atoms with E-state index in [1.807, 2.05) is 18.7 Å². The van der Waals surface area contributed by atoms with Crippen molar-refractivity contribution in [1.29, 1.82) is 0 Å². The third-order valence-electron chi connectivity index (χ3n) is 8.49. The van der Waals surface area contributed by atoms with E-state index in [9.17, 15) is 19.5 Å². The minimum absolute atomic E-state index is 0.0471. The maximum absolute atomic E-state index is 13.7. The van der Waals surface area contributed by atoms with Crippen LogP contribution in [-0.2, 0) is 19.1 Å². The topological polar surface area (TPSA) is 117 Å². The summed E-state index contributed by atoms with van der Waals surface area (Å²) < 4.78 is 11.8. The quantitative estimate of drug-likeness (QED) is 0.186. The molecular formula is C33H61N3O6. The Hall–Kier alpha value is -1.87. The highest BCUT2D eigenvalue weighted by Crippen LogP contribution is 2.36. The molecule has 0 radical (unpaired) electrons. The second-order valence-electron chi connectivity index (χ2n) is 15.0. The number of nitrogens with zero attached hydrogens (tertiary/aromatic N) is 1. The smallest absolute Gasteiger partial charge is 0.317 e. The number of urea groups is 1. The first-order valence-corrected chi connectivity index (χ1v) is 16.4. The molecule has 1 saturated heterocycles. The first-order chi connectivity index (χ1) is 19.5. The van der Waals surface area contributed by atoms with Crippen LogP contribution in [0.3, 0.4) is 0 Å². The molecule has 42 heavy (non-hydrogen) atoms. The molecule has 9 heteroatoms. The van der Waals surface area contributed by atoms with Crippen LogP contribution >= 0.6 is 0 Å². The Morgan fingerprint density at radius 1 is 0.976 bits per heavy atom. The molecule has 1 saturated carbocycles. The number of carbonyl (C=O) groups excluding carboxylic acids is 2. The van der Waals surface area contributed by atoms with Crippen LogP contribution in [0.2, 0.25) is 0 Å². The van der Waals surface area contributed by atoms with Crippen molar-refractivity contribution in [3.05, 3.63) is 0 Å². The Morgan fingerprint density at radius 2 is 1.60 bits per heavy atom. The van der Waals surface area contributed by atoms with Gasteiger partial charge in [0.25, 0.3) is 0 Å². The Morgan fingerprint density at radius 3 is 2.21 bits per heavy atom. The molecule has 244 valence electrons. The highest BCUT2D eigenvalue weighted by molar-refractivity contribution is 5.83. The minimum atomic E-state index is -0.975. The molecule has 0 bridgehead atoms. The number of nitrogens with one attached hydrogen (secondary N) is 2. The second-order valence-corrected chi connectivity index (χ2v) is 15.0. The number of carboxylic acid groups (broad SMARTS) is 1. The van der Waals surface area contributed by atoms with Gasteiger partial charge in [-0.25, -0.2) is 4.79 Å². The van der Waals surface area contributed by atoms with E-state index in [0.29, 0.717) is 19.7 Å². The Kier molecular flexibility index (Phi) is 14.1. The third-order valence-corrected chi connectivity index (χ3v) is 8.49. The summed E-state index contributed by atoms with van der Waals surface area (Å²) >= 11 is 0. The van der Waals surface area contributed by atoms with Gasteiger partial charge in [-0.3, -0.25) is 9.59 Å². The van der Waals surface area contributed by atoms with Crippen molar-refractivity contribution in [2.24, 2.45) is 16.7 Å².